The lowest BCUT2D eigenvalue weighted by Crippen LogP contribution is -2.04. The molecule has 0 fully saturated rings. The van der Waals surface area contributed by atoms with Crippen LogP contribution >= 0.6 is 0 Å². The number of aryl methyl sites for hydroxylation is 2. The SMILES string of the molecule is Cc1ccc2c(c1)c1ccccc1n2-c1ccc(-c2ccc(C#N)cc2)cc1-c1cc(-c2nc(-c3ccccc3)nc(-c3ccccc3)n2)ccc1-n1c2ccccc2c2cc(C)ccc21. The van der Waals surface area contributed by atoms with Crippen molar-refractivity contribution < 1.29 is 0 Å². The van der Waals surface area contributed by atoms with Crippen molar-refractivity contribution in [3.8, 4) is 73.9 Å². The van der Waals surface area contributed by atoms with Gasteiger partial charge in [-0.25, -0.2) is 15.0 Å². The fraction of sp³-hybridized carbons (Fsp3) is 0.0333. The molecule has 0 saturated carbocycles. The van der Waals surface area contributed by atoms with E-state index in [0.717, 1.165) is 72.4 Å². The van der Waals surface area contributed by atoms with E-state index < -0.39 is 0 Å². The first kappa shape index (κ1) is 38.7. The maximum atomic E-state index is 9.73. The summed E-state index contributed by atoms with van der Waals surface area (Å²) < 4.78 is 4.83. The van der Waals surface area contributed by atoms with Gasteiger partial charge in [0.2, 0.25) is 0 Å². The summed E-state index contributed by atoms with van der Waals surface area (Å²) in [6.07, 6.45) is 0. The van der Waals surface area contributed by atoms with Crippen LogP contribution in [0.25, 0.3) is 111 Å². The van der Waals surface area contributed by atoms with Crippen LogP contribution in [0.4, 0.5) is 0 Å². The summed E-state index contributed by atoms with van der Waals surface area (Å²) in [5.74, 6) is 1.78. The lowest BCUT2D eigenvalue weighted by atomic mass is 9.94. The maximum Gasteiger partial charge on any atom is 0.164 e. The average Bonchev–Trinajstić information content (AvgIpc) is 3.88. The number of fused-ring (bicyclic) bond motifs is 6. The minimum Gasteiger partial charge on any atom is -0.309 e. The van der Waals surface area contributed by atoms with E-state index in [1.165, 1.54) is 32.7 Å². The third kappa shape index (κ3) is 6.53. The molecule has 3 aromatic heterocycles. The molecule has 9 aromatic carbocycles. The highest BCUT2D eigenvalue weighted by Crippen LogP contribution is 2.44. The number of nitriles is 1. The van der Waals surface area contributed by atoms with E-state index in [9.17, 15) is 5.26 Å². The summed E-state index contributed by atoms with van der Waals surface area (Å²) in [5, 5.41) is 14.5. The normalized spacial score (nSPS) is 11.5. The first-order chi connectivity index (χ1) is 32.5. The number of rotatable bonds is 7. The fourth-order valence-corrected chi connectivity index (χ4v) is 9.58. The van der Waals surface area contributed by atoms with Crippen molar-refractivity contribution in [3.63, 3.8) is 0 Å². The second-order valence-corrected chi connectivity index (χ2v) is 16.9. The molecule has 3 heterocycles. The Kier molecular flexibility index (Phi) is 9.22. The smallest absolute Gasteiger partial charge is 0.164 e. The number of aromatic nitrogens is 5. The minimum absolute atomic E-state index is 0.575. The van der Waals surface area contributed by atoms with Crippen molar-refractivity contribution in [3.05, 3.63) is 223 Å². The molecule has 0 amide bonds. The summed E-state index contributed by atoms with van der Waals surface area (Å²) in [4.78, 5) is 15.5. The number of hydrogen-bond acceptors (Lipinski definition) is 4. The Balaban J connectivity index is 1.21. The summed E-state index contributed by atoms with van der Waals surface area (Å²) >= 11 is 0. The molecule has 0 aliphatic carbocycles. The molecular weight excluding hydrogens is 805 g/mol. The molecule has 6 nitrogen and oxygen atoms in total. The predicted molar refractivity (Wildman–Crippen MR) is 270 cm³/mol. The van der Waals surface area contributed by atoms with Gasteiger partial charge in [0.25, 0.3) is 0 Å². The quantitative estimate of drug-likeness (QED) is 0.160. The maximum absolute atomic E-state index is 9.73. The van der Waals surface area contributed by atoms with Gasteiger partial charge in [-0.1, -0.05) is 139 Å². The topological polar surface area (TPSA) is 72.3 Å². The van der Waals surface area contributed by atoms with E-state index in [-0.39, 0.29) is 0 Å². The van der Waals surface area contributed by atoms with E-state index in [4.69, 9.17) is 15.0 Å². The third-order valence-electron chi connectivity index (χ3n) is 12.7. The first-order valence-corrected chi connectivity index (χ1v) is 22.2. The van der Waals surface area contributed by atoms with Crippen molar-refractivity contribution in [2.75, 3.05) is 0 Å². The van der Waals surface area contributed by atoms with Crippen LogP contribution in [0.3, 0.4) is 0 Å². The molecule has 0 atom stereocenters. The Morgan fingerprint density at radius 2 is 0.758 bits per heavy atom. The van der Waals surface area contributed by atoms with E-state index in [2.05, 4.69) is 150 Å². The zero-order chi connectivity index (χ0) is 44.3. The van der Waals surface area contributed by atoms with Crippen LogP contribution in [0.5, 0.6) is 0 Å². The van der Waals surface area contributed by atoms with Gasteiger partial charge in [-0.15, -0.1) is 0 Å². The highest BCUT2D eigenvalue weighted by molar-refractivity contribution is 6.12. The number of nitrogens with zero attached hydrogens (tertiary/aromatic N) is 6. The van der Waals surface area contributed by atoms with Gasteiger partial charge in [-0.3, -0.25) is 0 Å². The van der Waals surface area contributed by atoms with Crippen LogP contribution in [-0.2, 0) is 0 Å². The Morgan fingerprint density at radius 1 is 0.348 bits per heavy atom. The molecule has 0 radical (unpaired) electrons. The summed E-state index contributed by atoms with van der Waals surface area (Å²) in [7, 11) is 0. The van der Waals surface area contributed by atoms with Gasteiger partial charge in [0.1, 0.15) is 0 Å². The van der Waals surface area contributed by atoms with E-state index in [0.29, 0.717) is 23.0 Å². The number of hydrogen-bond donors (Lipinski definition) is 0. The largest absolute Gasteiger partial charge is 0.309 e. The molecule has 0 aliphatic rings. The molecule has 12 rings (SSSR count). The Morgan fingerprint density at radius 3 is 1.26 bits per heavy atom. The second kappa shape index (κ2) is 15.7. The summed E-state index contributed by atoms with van der Waals surface area (Å²) in [6.45, 7) is 4.31. The van der Waals surface area contributed by atoms with Crippen molar-refractivity contribution in [2.24, 2.45) is 0 Å². The highest BCUT2D eigenvalue weighted by Gasteiger charge is 2.23. The van der Waals surface area contributed by atoms with E-state index in [1.54, 1.807) is 0 Å². The molecule has 0 unspecified atom stereocenters. The van der Waals surface area contributed by atoms with Crippen LogP contribution in [0, 0.1) is 25.2 Å². The number of para-hydroxylation sites is 2. The van der Waals surface area contributed by atoms with Crippen molar-refractivity contribution >= 4 is 43.6 Å². The third-order valence-corrected chi connectivity index (χ3v) is 12.7. The molecule has 0 saturated heterocycles. The Labute approximate surface area is 382 Å². The lowest BCUT2D eigenvalue weighted by molar-refractivity contribution is 1.07. The standard InChI is InChI=1S/C60H40N6/c1-38-21-29-54-48(33-38)46-17-9-11-19-52(46)65(54)56-31-27-44(41-25-23-40(37-61)24-26-41)35-50(56)51-36-45(28-32-57(51)66-53-20-12-10-18-47(53)49-34-39(2)22-30-55(49)66)60-63-58(42-13-5-3-6-14-42)62-59(64-60)43-15-7-4-8-16-43/h3-36H,1-2H3. The molecule has 0 N–H and O–H groups in total. The van der Waals surface area contributed by atoms with Crippen molar-refractivity contribution in [2.45, 2.75) is 13.8 Å². The van der Waals surface area contributed by atoms with E-state index in [1.807, 2.05) is 84.9 Å². The van der Waals surface area contributed by atoms with Crippen molar-refractivity contribution in [1.29, 1.82) is 5.26 Å². The predicted octanol–water partition coefficient (Wildman–Crippen LogP) is 14.9. The van der Waals surface area contributed by atoms with Crippen LogP contribution in [0.2, 0.25) is 0 Å². The minimum atomic E-state index is 0.575. The molecule has 0 bridgehead atoms. The second-order valence-electron chi connectivity index (χ2n) is 16.9. The molecular formula is C60H40N6. The zero-order valence-corrected chi connectivity index (χ0v) is 36.3. The fourth-order valence-electron chi connectivity index (χ4n) is 9.58. The molecule has 0 aliphatic heterocycles. The average molecular weight is 845 g/mol. The van der Waals surface area contributed by atoms with Crippen molar-refractivity contribution in [1.82, 2.24) is 24.1 Å². The zero-order valence-electron chi connectivity index (χ0n) is 36.3. The monoisotopic (exact) mass is 844 g/mol. The van der Waals surface area contributed by atoms with Gasteiger partial charge in [-0.2, -0.15) is 5.26 Å². The summed E-state index contributed by atoms with van der Waals surface area (Å²) in [6, 6.07) is 74.6. The lowest BCUT2D eigenvalue weighted by Gasteiger charge is -2.21. The van der Waals surface area contributed by atoms with Gasteiger partial charge in [0.15, 0.2) is 17.5 Å². The first-order valence-electron chi connectivity index (χ1n) is 22.2. The van der Waals surface area contributed by atoms with Crippen LogP contribution in [-0.4, -0.2) is 24.1 Å². The molecule has 0 spiro atoms. The molecule has 12 aromatic rings. The summed E-state index contributed by atoms with van der Waals surface area (Å²) in [5.41, 5.74) is 16.3. The molecule has 310 valence electrons. The van der Waals surface area contributed by atoms with Gasteiger partial charge in [0, 0.05) is 49.4 Å². The van der Waals surface area contributed by atoms with Gasteiger partial charge in [-0.05, 0) is 104 Å². The Bertz CT molecular complexity index is 3840. The van der Waals surface area contributed by atoms with Gasteiger partial charge < -0.3 is 9.13 Å². The highest BCUT2D eigenvalue weighted by atomic mass is 15.0. The van der Waals surface area contributed by atoms with Crippen LogP contribution in [0.1, 0.15) is 16.7 Å². The van der Waals surface area contributed by atoms with Gasteiger partial charge in [0.05, 0.1) is 45.1 Å². The number of benzene rings is 9. The van der Waals surface area contributed by atoms with E-state index >= 15 is 0 Å². The van der Waals surface area contributed by atoms with Crippen LogP contribution < -0.4 is 0 Å². The Hall–Kier alpha value is -8.92. The van der Waals surface area contributed by atoms with Gasteiger partial charge >= 0.3 is 0 Å². The molecule has 66 heavy (non-hydrogen) atoms. The molecule has 6 heteroatoms. The van der Waals surface area contributed by atoms with Crippen LogP contribution in [0.15, 0.2) is 206 Å².